The molecule has 1 amide bonds. The molecule has 2 heteroatoms. The fourth-order valence-corrected chi connectivity index (χ4v) is 0.254. The summed E-state index contributed by atoms with van der Waals surface area (Å²) in [6.45, 7) is 4.17. The number of nitrogens with one attached hydrogen (secondary N) is 1. The molecule has 8 heavy (non-hydrogen) atoms. The molecule has 0 aromatic carbocycles. The third kappa shape index (κ3) is 5.47. The molecule has 0 saturated carbocycles. The van der Waals surface area contributed by atoms with Crippen LogP contribution in [0.5, 0.6) is 0 Å². The van der Waals surface area contributed by atoms with Crippen molar-refractivity contribution in [3.05, 3.63) is 0 Å². The van der Waals surface area contributed by atoms with Gasteiger partial charge in [0.15, 0.2) is 1.41 Å². The first kappa shape index (κ1) is 4.36. The maximum Gasteiger partial charge on any atom is 0.216 e. The molecule has 0 aromatic rings. The summed E-state index contributed by atoms with van der Waals surface area (Å²) in [6.07, 6.45) is 0. The third-order valence-electron chi connectivity index (χ3n) is 0.554. The van der Waals surface area contributed by atoms with E-state index in [0.29, 0.717) is 5.31 Å². The molecule has 0 bridgehead atoms. The van der Waals surface area contributed by atoms with Crippen molar-refractivity contribution in [1.82, 2.24) is 5.31 Å². The number of hydrogen-bond donors (Lipinski definition) is 1. The van der Waals surface area contributed by atoms with E-state index in [2.05, 4.69) is 0 Å². The standard InChI is InChI=1S/C6H13NO/c1-5(2)4-7-6(3)8/h5H,4H2,1-3H3,(H,7,8)/i4T/hT. The summed E-state index contributed by atoms with van der Waals surface area (Å²) in [5.74, 6) is -0.366. The largest absolute Gasteiger partial charge is 0.356 e. The van der Waals surface area contributed by atoms with E-state index < -0.39 is 6.52 Å². The van der Waals surface area contributed by atoms with Crippen molar-refractivity contribution in [3.63, 3.8) is 0 Å². The van der Waals surface area contributed by atoms with Crippen LogP contribution in [0.2, 0.25) is 1.41 Å². The molecule has 1 atom stereocenters. The number of amides is 1. The van der Waals surface area contributed by atoms with Crippen LogP contribution in [0.3, 0.4) is 0 Å². The minimum atomic E-state index is -0.738. The van der Waals surface area contributed by atoms with Crippen LogP contribution in [0.15, 0.2) is 0 Å². The van der Waals surface area contributed by atoms with Gasteiger partial charge in [-0.25, -0.2) is 0 Å². The second-order valence-electron chi connectivity index (χ2n) is 2.04. The van der Waals surface area contributed by atoms with E-state index >= 15 is 0 Å². The molecule has 0 saturated heterocycles. The highest BCUT2D eigenvalue weighted by atomic mass is 16.1. The number of hydrogen-bond acceptors (Lipinski definition) is 1. The van der Waals surface area contributed by atoms with Crippen LogP contribution < -0.4 is 5.31 Å². The maximum absolute atomic E-state index is 10.5. The lowest BCUT2D eigenvalue weighted by atomic mass is 10.2. The van der Waals surface area contributed by atoms with E-state index in [0.717, 1.165) is 0 Å². The topological polar surface area (TPSA) is 29.1 Å². The summed E-state index contributed by atoms with van der Waals surface area (Å²) < 4.78 is 14.3. The number of carbonyl (C=O) groups is 1. The molecule has 0 spiro atoms. The van der Waals surface area contributed by atoms with Gasteiger partial charge in [-0.05, 0) is 5.92 Å². The van der Waals surface area contributed by atoms with Crippen molar-refractivity contribution in [3.8, 4) is 0 Å². The van der Waals surface area contributed by atoms with Crippen molar-refractivity contribution in [2.45, 2.75) is 20.8 Å². The van der Waals surface area contributed by atoms with E-state index in [-0.39, 0.29) is 11.8 Å². The van der Waals surface area contributed by atoms with Crippen LogP contribution in [0.25, 0.3) is 0 Å². The Labute approximate surface area is 53.1 Å². The van der Waals surface area contributed by atoms with Gasteiger partial charge in [0.1, 0.15) is 0 Å². The highest BCUT2D eigenvalue weighted by Crippen LogP contribution is 1.85. The van der Waals surface area contributed by atoms with Gasteiger partial charge < -0.3 is 5.31 Å². The average molecular weight is 119 g/mol. The molecular formula is C6H13NO. The first-order valence-electron chi connectivity index (χ1n) is 3.70. The minimum Gasteiger partial charge on any atom is -0.356 e. The minimum absolute atomic E-state index is 0.0152. The van der Waals surface area contributed by atoms with E-state index in [1.54, 1.807) is 0 Å². The lowest BCUT2D eigenvalue weighted by Crippen LogP contribution is -2.24. The zero-order chi connectivity index (χ0) is 8.31. The van der Waals surface area contributed by atoms with Gasteiger partial charge in [0, 0.05) is 14.8 Å². The van der Waals surface area contributed by atoms with Crippen molar-refractivity contribution in [2.75, 3.05) is 6.52 Å². The van der Waals surface area contributed by atoms with Gasteiger partial charge in [0.2, 0.25) is 5.91 Å². The van der Waals surface area contributed by atoms with E-state index in [4.69, 9.17) is 2.78 Å². The van der Waals surface area contributed by atoms with Crippen molar-refractivity contribution < 1.29 is 7.58 Å². The molecule has 2 nitrogen and oxygen atoms in total. The maximum atomic E-state index is 10.5. The molecule has 0 rings (SSSR count). The Kier molecular flexibility index (Phi) is 1.89. The fraction of sp³-hybridized carbons (Fsp3) is 0.833. The predicted octanol–water partition coefficient (Wildman–Crippen LogP) is 0.778. The first-order valence-corrected chi connectivity index (χ1v) is 2.67. The first-order chi connectivity index (χ1) is 4.46. The van der Waals surface area contributed by atoms with Gasteiger partial charge in [-0.1, -0.05) is 13.8 Å². The van der Waals surface area contributed by atoms with E-state index in [1.807, 2.05) is 13.8 Å². The molecule has 0 aliphatic carbocycles. The monoisotopic (exact) mass is 119 g/mol. The van der Waals surface area contributed by atoms with Crippen LogP contribution in [0.1, 0.15) is 22.1 Å². The van der Waals surface area contributed by atoms with Gasteiger partial charge in [0.05, 0.1) is 0 Å². The number of carbonyl (C=O) groups excluding carboxylic acids is 1. The smallest absolute Gasteiger partial charge is 0.216 e. The summed E-state index contributed by atoms with van der Waals surface area (Å²) in [6, 6.07) is 0. The molecule has 0 radical (unpaired) electrons. The molecule has 48 valence electrons. The predicted molar refractivity (Wildman–Crippen MR) is 33.5 cm³/mol. The summed E-state index contributed by atoms with van der Waals surface area (Å²) in [7, 11) is 0. The Balaban J connectivity index is 3.94. The van der Waals surface area contributed by atoms with Gasteiger partial charge in [-0.3, -0.25) is 4.79 Å². The van der Waals surface area contributed by atoms with Gasteiger partial charge in [0.25, 0.3) is 0 Å². The normalized spacial score (nSPS) is 17.0. The Hall–Kier alpha value is -0.530. The lowest BCUT2D eigenvalue weighted by molar-refractivity contribution is -0.119. The lowest BCUT2D eigenvalue weighted by Gasteiger charge is -2.02. The van der Waals surface area contributed by atoms with E-state index in [9.17, 15) is 4.79 Å². The van der Waals surface area contributed by atoms with Crippen LogP contribution in [-0.2, 0) is 4.79 Å². The summed E-state index contributed by atoms with van der Waals surface area (Å²) in [5, 5.41) is 0.685. The summed E-state index contributed by atoms with van der Waals surface area (Å²) in [4.78, 5) is 10.5. The quantitative estimate of drug-likeness (QED) is 0.571. The average Bonchev–Trinajstić information content (AvgIpc) is 1.84. The molecule has 0 aromatic heterocycles. The molecule has 0 heterocycles. The molecule has 0 fully saturated rings. The Bertz CT molecular complexity index is 127. The Morgan fingerprint density at radius 1 is 2.00 bits per heavy atom. The van der Waals surface area contributed by atoms with Gasteiger partial charge >= 0.3 is 0 Å². The Morgan fingerprint density at radius 3 is 2.62 bits per heavy atom. The highest BCUT2D eigenvalue weighted by molar-refractivity contribution is 5.72. The van der Waals surface area contributed by atoms with Gasteiger partial charge in [-0.15, -0.1) is 0 Å². The van der Waals surface area contributed by atoms with Crippen molar-refractivity contribution in [2.24, 2.45) is 5.92 Å². The van der Waals surface area contributed by atoms with Crippen LogP contribution in [-0.4, -0.2) is 12.4 Å². The molecule has 1 N–H and O–H groups in total. The molecule has 0 aliphatic rings. The second-order valence-corrected chi connectivity index (χ2v) is 2.04. The van der Waals surface area contributed by atoms with Gasteiger partial charge in [-0.2, -0.15) is 0 Å². The Morgan fingerprint density at radius 2 is 2.50 bits per heavy atom. The van der Waals surface area contributed by atoms with Crippen molar-refractivity contribution in [1.29, 1.82) is 0 Å². The molecule has 1 unspecified atom stereocenters. The van der Waals surface area contributed by atoms with Crippen LogP contribution in [0, 0.1) is 5.92 Å². The third-order valence-corrected chi connectivity index (χ3v) is 0.554. The summed E-state index contributed by atoms with van der Waals surface area (Å²) >= 11 is 0. The summed E-state index contributed by atoms with van der Waals surface area (Å²) in [5.41, 5.74) is 0. The van der Waals surface area contributed by atoms with E-state index in [1.165, 1.54) is 6.92 Å². The second kappa shape index (κ2) is 3.47. The van der Waals surface area contributed by atoms with Crippen LogP contribution in [0.4, 0.5) is 0 Å². The zero-order valence-corrected chi connectivity index (χ0v) is 5.51. The van der Waals surface area contributed by atoms with Crippen LogP contribution >= 0.6 is 0 Å². The molecular weight excluding hydrogens is 102 g/mol. The zero-order valence-electron chi connectivity index (χ0n) is 7.51. The SMILES string of the molecule is [3H]C(C(C)C)N([3H])C(C)=O. The molecule has 0 aliphatic heterocycles. The number of rotatable bonds is 2. The fourth-order valence-electron chi connectivity index (χ4n) is 0.254. The highest BCUT2D eigenvalue weighted by Gasteiger charge is 1.92. The van der Waals surface area contributed by atoms with Crippen molar-refractivity contribution >= 4 is 5.91 Å².